The van der Waals surface area contributed by atoms with Gasteiger partial charge in [-0.15, -0.1) is 0 Å². The van der Waals surface area contributed by atoms with Gasteiger partial charge in [0.25, 0.3) is 0 Å². The second-order valence-electron chi connectivity index (χ2n) is 16.9. The molecule has 5 heteroatoms. The minimum atomic E-state index is 0.704. The van der Waals surface area contributed by atoms with E-state index in [-0.39, 0.29) is 0 Å². The van der Waals surface area contributed by atoms with E-state index in [2.05, 4.69) is 241 Å². The second kappa shape index (κ2) is 17.2. The van der Waals surface area contributed by atoms with Crippen molar-refractivity contribution in [2.24, 2.45) is 0 Å². The van der Waals surface area contributed by atoms with Crippen molar-refractivity contribution in [2.45, 2.75) is 20.8 Å². The van der Waals surface area contributed by atoms with Crippen LogP contribution in [0.5, 0.6) is 0 Å². The molecule has 0 spiro atoms. The first-order valence-corrected chi connectivity index (χ1v) is 22.5. The summed E-state index contributed by atoms with van der Waals surface area (Å²) in [7, 11) is 0. The minimum Gasteiger partial charge on any atom is -0.310 e. The van der Waals surface area contributed by atoms with Crippen LogP contribution in [-0.4, -0.2) is 14.5 Å². The molecule has 316 valence electrons. The molecule has 0 aliphatic rings. The number of fused-ring (bicyclic) bond motifs is 3. The standard InChI is InChI=1S/C61H47N5/c1-42-24-28-49(29-25-42)65(50-30-26-43(2)27-31-50)53-34-37-60-56(40-53)55-39-52(64(47-20-12-6-13-21-47)48-22-14-7-15-23-48)33-36-59(55)66(60)51-32-35-54(44(3)38-51)58-41-57(45-16-8-4-9-17-45)62-61(63-58)46-18-10-5-11-19-46/h4-41H,1-3H3. The lowest BCUT2D eigenvalue weighted by molar-refractivity contribution is 1.16. The summed E-state index contributed by atoms with van der Waals surface area (Å²) in [5.74, 6) is 0.704. The third-order valence-corrected chi connectivity index (χ3v) is 12.4. The van der Waals surface area contributed by atoms with Gasteiger partial charge in [0.05, 0.1) is 22.4 Å². The van der Waals surface area contributed by atoms with Crippen LogP contribution in [0.1, 0.15) is 16.7 Å². The highest BCUT2D eigenvalue weighted by molar-refractivity contribution is 6.12. The highest BCUT2D eigenvalue weighted by atomic mass is 15.1. The highest BCUT2D eigenvalue weighted by Crippen LogP contribution is 2.43. The van der Waals surface area contributed by atoms with Crippen LogP contribution in [0.3, 0.4) is 0 Å². The molecule has 0 N–H and O–H groups in total. The molecular formula is C61H47N5. The molecule has 5 nitrogen and oxygen atoms in total. The van der Waals surface area contributed by atoms with Crippen LogP contribution in [0, 0.1) is 20.8 Å². The van der Waals surface area contributed by atoms with Gasteiger partial charge in [-0.3, -0.25) is 0 Å². The van der Waals surface area contributed by atoms with Crippen LogP contribution in [-0.2, 0) is 0 Å². The van der Waals surface area contributed by atoms with Gasteiger partial charge in [-0.2, -0.15) is 0 Å². The Bertz CT molecular complexity index is 3330. The zero-order chi connectivity index (χ0) is 44.6. The lowest BCUT2D eigenvalue weighted by atomic mass is 10.0. The summed E-state index contributed by atoms with van der Waals surface area (Å²) in [4.78, 5) is 14.9. The topological polar surface area (TPSA) is 37.2 Å². The van der Waals surface area contributed by atoms with Crippen LogP contribution in [0.15, 0.2) is 231 Å². The molecule has 0 aliphatic carbocycles. The van der Waals surface area contributed by atoms with Crippen molar-refractivity contribution in [1.29, 1.82) is 0 Å². The molecule has 9 aromatic carbocycles. The van der Waals surface area contributed by atoms with Crippen LogP contribution in [0.25, 0.3) is 61.4 Å². The number of para-hydroxylation sites is 2. The fraction of sp³-hybridized carbons (Fsp3) is 0.0492. The van der Waals surface area contributed by atoms with Crippen LogP contribution in [0.4, 0.5) is 34.1 Å². The summed E-state index contributed by atoms with van der Waals surface area (Å²) in [6, 6.07) is 82.1. The number of aromatic nitrogens is 3. The first-order chi connectivity index (χ1) is 32.4. The maximum atomic E-state index is 5.19. The molecule has 0 fully saturated rings. The third kappa shape index (κ3) is 7.67. The van der Waals surface area contributed by atoms with Gasteiger partial charge < -0.3 is 14.4 Å². The first kappa shape index (κ1) is 40.2. The SMILES string of the molecule is Cc1ccc(N(c2ccc(C)cc2)c2ccc3c(c2)c2cc(N(c4ccccc4)c4ccccc4)ccc2n3-c2ccc(-c3cc(-c4ccccc4)nc(-c4ccccc4)n3)c(C)c2)cc1. The Hall–Kier alpha value is -8.54. The Kier molecular flexibility index (Phi) is 10.5. The molecule has 0 bridgehead atoms. The van der Waals surface area contributed by atoms with Gasteiger partial charge >= 0.3 is 0 Å². The van der Waals surface area contributed by atoms with Crippen LogP contribution >= 0.6 is 0 Å². The molecule has 0 saturated carbocycles. The average Bonchev–Trinajstić information content (AvgIpc) is 3.69. The van der Waals surface area contributed by atoms with Gasteiger partial charge in [0.2, 0.25) is 0 Å². The Balaban J connectivity index is 1.11. The van der Waals surface area contributed by atoms with Crippen molar-refractivity contribution in [3.63, 3.8) is 0 Å². The summed E-state index contributed by atoms with van der Waals surface area (Å²) in [6.07, 6.45) is 0. The number of anilines is 6. The van der Waals surface area contributed by atoms with Crippen molar-refractivity contribution >= 4 is 55.9 Å². The molecular weight excluding hydrogens is 803 g/mol. The van der Waals surface area contributed by atoms with E-state index < -0.39 is 0 Å². The van der Waals surface area contributed by atoms with Crippen molar-refractivity contribution < 1.29 is 0 Å². The fourth-order valence-electron chi connectivity index (χ4n) is 9.12. The van der Waals surface area contributed by atoms with E-state index in [1.165, 1.54) is 11.1 Å². The van der Waals surface area contributed by atoms with E-state index in [0.717, 1.165) is 95.3 Å². The molecule has 2 aromatic heterocycles. The number of hydrogen-bond donors (Lipinski definition) is 0. The minimum absolute atomic E-state index is 0.704. The van der Waals surface area contributed by atoms with E-state index in [0.29, 0.717) is 5.82 Å². The van der Waals surface area contributed by atoms with E-state index in [9.17, 15) is 0 Å². The average molecular weight is 850 g/mol. The zero-order valence-electron chi connectivity index (χ0n) is 37.2. The molecule has 0 radical (unpaired) electrons. The van der Waals surface area contributed by atoms with Crippen molar-refractivity contribution in [3.8, 4) is 39.6 Å². The molecule has 0 atom stereocenters. The summed E-state index contributed by atoms with van der Waals surface area (Å²) in [5, 5.41) is 2.32. The molecule has 0 aliphatic heterocycles. The van der Waals surface area contributed by atoms with Gasteiger partial charge in [-0.05, 0) is 129 Å². The van der Waals surface area contributed by atoms with Crippen molar-refractivity contribution in [3.05, 3.63) is 247 Å². The van der Waals surface area contributed by atoms with Gasteiger partial charge in [0.15, 0.2) is 5.82 Å². The van der Waals surface area contributed by atoms with Gasteiger partial charge in [0.1, 0.15) is 0 Å². The molecule has 0 amide bonds. The normalized spacial score (nSPS) is 11.3. The number of nitrogens with zero attached hydrogens (tertiary/aromatic N) is 5. The van der Waals surface area contributed by atoms with Crippen LogP contribution in [0.2, 0.25) is 0 Å². The summed E-state index contributed by atoms with van der Waals surface area (Å²) >= 11 is 0. The maximum absolute atomic E-state index is 5.19. The quantitative estimate of drug-likeness (QED) is 0.137. The predicted octanol–water partition coefficient (Wildman–Crippen LogP) is 16.4. The smallest absolute Gasteiger partial charge is 0.160 e. The Morgan fingerprint density at radius 2 is 0.773 bits per heavy atom. The number of benzene rings is 9. The molecule has 0 unspecified atom stereocenters. The highest BCUT2D eigenvalue weighted by Gasteiger charge is 2.21. The summed E-state index contributed by atoms with van der Waals surface area (Å²) in [5.41, 5.74) is 18.3. The fourth-order valence-corrected chi connectivity index (χ4v) is 9.12. The molecule has 11 aromatic rings. The predicted molar refractivity (Wildman–Crippen MR) is 276 cm³/mol. The molecule has 2 heterocycles. The van der Waals surface area contributed by atoms with Crippen molar-refractivity contribution in [1.82, 2.24) is 14.5 Å². The Labute approximate surface area is 386 Å². The van der Waals surface area contributed by atoms with Crippen molar-refractivity contribution in [2.75, 3.05) is 9.80 Å². The summed E-state index contributed by atoms with van der Waals surface area (Å²) < 4.78 is 2.41. The van der Waals surface area contributed by atoms with E-state index in [4.69, 9.17) is 9.97 Å². The molecule has 0 saturated heterocycles. The summed E-state index contributed by atoms with van der Waals surface area (Å²) in [6.45, 7) is 6.46. The number of hydrogen-bond acceptors (Lipinski definition) is 4. The Morgan fingerprint density at radius 1 is 0.348 bits per heavy atom. The zero-order valence-corrected chi connectivity index (χ0v) is 37.2. The molecule has 11 rings (SSSR count). The second-order valence-corrected chi connectivity index (χ2v) is 16.9. The number of aryl methyl sites for hydroxylation is 3. The third-order valence-electron chi connectivity index (χ3n) is 12.4. The maximum Gasteiger partial charge on any atom is 0.160 e. The number of rotatable bonds is 10. The lowest BCUT2D eigenvalue weighted by Gasteiger charge is -2.26. The van der Waals surface area contributed by atoms with E-state index >= 15 is 0 Å². The lowest BCUT2D eigenvalue weighted by Crippen LogP contribution is -2.10. The Morgan fingerprint density at radius 3 is 1.26 bits per heavy atom. The van der Waals surface area contributed by atoms with E-state index in [1.54, 1.807) is 0 Å². The van der Waals surface area contributed by atoms with Gasteiger partial charge in [-0.25, -0.2) is 9.97 Å². The molecule has 66 heavy (non-hydrogen) atoms. The van der Waals surface area contributed by atoms with Crippen LogP contribution < -0.4 is 9.80 Å². The first-order valence-electron chi connectivity index (χ1n) is 22.5. The monoisotopic (exact) mass is 849 g/mol. The largest absolute Gasteiger partial charge is 0.310 e. The van der Waals surface area contributed by atoms with E-state index in [1.807, 2.05) is 24.3 Å². The van der Waals surface area contributed by atoms with Gasteiger partial charge in [-0.1, -0.05) is 139 Å². The van der Waals surface area contributed by atoms with Gasteiger partial charge in [0, 0.05) is 67.3 Å².